The van der Waals surface area contributed by atoms with Gasteiger partial charge in [0.2, 0.25) is 11.8 Å². The molecular weight excluding hydrogens is 420 g/mol. The van der Waals surface area contributed by atoms with Crippen molar-refractivity contribution in [2.75, 3.05) is 5.32 Å². The lowest BCUT2D eigenvalue weighted by Crippen LogP contribution is -2.35. The van der Waals surface area contributed by atoms with E-state index in [1.54, 1.807) is 31.3 Å². The SMILES string of the molecule is C[C@H](N=C1NS(=O)(=O)c2ccccc21)C(=O)Nc1cnn(CC(=O)NC2CCCC2)c1. The summed E-state index contributed by atoms with van der Waals surface area (Å²) in [7, 11) is -3.67. The van der Waals surface area contributed by atoms with Crippen LogP contribution in [0, 0.1) is 0 Å². The summed E-state index contributed by atoms with van der Waals surface area (Å²) in [5.41, 5.74) is 0.862. The minimum atomic E-state index is -3.67. The molecule has 31 heavy (non-hydrogen) atoms. The molecule has 164 valence electrons. The van der Waals surface area contributed by atoms with Crippen LogP contribution in [0.15, 0.2) is 46.5 Å². The second-order valence-corrected chi connectivity index (χ2v) is 9.37. The third-order valence-electron chi connectivity index (χ3n) is 5.29. The Morgan fingerprint density at radius 3 is 2.81 bits per heavy atom. The monoisotopic (exact) mass is 444 g/mol. The first kappa shape index (κ1) is 21.0. The van der Waals surface area contributed by atoms with Crippen LogP contribution < -0.4 is 15.4 Å². The lowest BCUT2D eigenvalue weighted by atomic mass is 10.2. The molecule has 3 N–H and O–H groups in total. The summed E-state index contributed by atoms with van der Waals surface area (Å²) < 4.78 is 28.2. The number of amidine groups is 1. The first-order valence-corrected chi connectivity index (χ1v) is 11.6. The van der Waals surface area contributed by atoms with Crippen molar-refractivity contribution in [2.24, 2.45) is 4.99 Å². The molecule has 1 saturated carbocycles. The molecule has 1 aromatic heterocycles. The topological polar surface area (TPSA) is 135 Å². The fourth-order valence-corrected chi connectivity index (χ4v) is 4.97. The molecule has 1 aromatic carbocycles. The van der Waals surface area contributed by atoms with Crippen LogP contribution in [0.4, 0.5) is 5.69 Å². The lowest BCUT2D eigenvalue weighted by molar-refractivity contribution is -0.122. The minimum absolute atomic E-state index is 0.0722. The Labute approximate surface area is 180 Å². The number of aromatic nitrogens is 2. The van der Waals surface area contributed by atoms with Crippen molar-refractivity contribution in [3.8, 4) is 0 Å². The molecule has 11 heteroatoms. The number of carbonyl (C=O) groups is 2. The molecule has 4 rings (SSSR count). The van der Waals surface area contributed by atoms with Crippen LogP contribution in [0.3, 0.4) is 0 Å². The van der Waals surface area contributed by atoms with E-state index in [9.17, 15) is 18.0 Å². The first-order chi connectivity index (χ1) is 14.8. The number of anilines is 1. The second kappa shape index (κ2) is 8.50. The van der Waals surface area contributed by atoms with Crippen LogP contribution in [-0.4, -0.2) is 47.9 Å². The van der Waals surface area contributed by atoms with Crippen molar-refractivity contribution in [2.45, 2.75) is 56.1 Å². The Hall–Kier alpha value is -3.21. The fraction of sp³-hybridized carbons (Fsp3) is 0.400. The summed E-state index contributed by atoms with van der Waals surface area (Å²) in [6.45, 7) is 1.64. The van der Waals surface area contributed by atoms with E-state index in [0.29, 0.717) is 11.3 Å². The summed E-state index contributed by atoms with van der Waals surface area (Å²) in [4.78, 5) is 29.0. The highest BCUT2D eigenvalue weighted by atomic mass is 32.2. The van der Waals surface area contributed by atoms with Crippen molar-refractivity contribution in [1.29, 1.82) is 0 Å². The predicted octanol–water partition coefficient (Wildman–Crippen LogP) is 1.01. The molecule has 1 aliphatic heterocycles. The molecule has 2 aliphatic rings. The summed E-state index contributed by atoms with van der Waals surface area (Å²) in [5, 5.41) is 9.79. The number of fused-ring (bicyclic) bond motifs is 1. The molecule has 2 aromatic rings. The molecule has 0 bridgehead atoms. The maximum absolute atomic E-state index is 12.5. The first-order valence-electron chi connectivity index (χ1n) is 10.1. The third-order valence-corrected chi connectivity index (χ3v) is 6.69. The van der Waals surface area contributed by atoms with Crippen LogP contribution >= 0.6 is 0 Å². The summed E-state index contributed by atoms with van der Waals surface area (Å²) in [5.74, 6) is -0.400. The highest BCUT2D eigenvalue weighted by molar-refractivity contribution is 7.90. The van der Waals surface area contributed by atoms with Crippen molar-refractivity contribution < 1.29 is 18.0 Å². The largest absolute Gasteiger partial charge is 0.352 e. The molecule has 1 fully saturated rings. The van der Waals surface area contributed by atoms with E-state index in [4.69, 9.17) is 0 Å². The van der Waals surface area contributed by atoms with Crippen molar-refractivity contribution in [3.63, 3.8) is 0 Å². The summed E-state index contributed by atoms with van der Waals surface area (Å²) in [6, 6.07) is 5.85. The molecule has 0 radical (unpaired) electrons. The van der Waals surface area contributed by atoms with Gasteiger partial charge in [0.25, 0.3) is 10.0 Å². The van der Waals surface area contributed by atoms with E-state index in [0.717, 1.165) is 25.7 Å². The number of hydrogen-bond acceptors (Lipinski definition) is 6. The van der Waals surface area contributed by atoms with Gasteiger partial charge in [-0.3, -0.25) is 24.0 Å². The number of nitrogens with zero attached hydrogens (tertiary/aromatic N) is 3. The normalized spacial score (nSPS) is 19.6. The number of nitrogens with one attached hydrogen (secondary N) is 3. The maximum atomic E-state index is 12.5. The lowest BCUT2D eigenvalue weighted by Gasteiger charge is -2.11. The highest BCUT2D eigenvalue weighted by Crippen LogP contribution is 2.22. The minimum Gasteiger partial charge on any atom is -0.352 e. The molecule has 0 spiro atoms. The van der Waals surface area contributed by atoms with Crippen LogP contribution in [0.1, 0.15) is 38.2 Å². The summed E-state index contributed by atoms with van der Waals surface area (Å²) >= 11 is 0. The van der Waals surface area contributed by atoms with Gasteiger partial charge >= 0.3 is 0 Å². The zero-order chi connectivity index (χ0) is 22.0. The van der Waals surface area contributed by atoms with E-state index >= 15 is 0 Å². The fourth-order valence-electron chi connectivity index (χ4n) is 3.73. The van der Waals surface area contributed by atoms with Gasteiger partial charge in [-0.1, -0.05) is 25.0 Å². The Morgan fingerprint density at radius 2 is 2.03 bits per heavy atom. The van der Waals surface area contributed by atoms with Crippen LogP contribution in [0.25, 0.3) is 0 Å². The molecule has 2 heterocycles. The number of rotatable bonds is 6. The maximum Gasteiger partial charge on any atom is 0.263 e. The third kappa shape index (κ3) is 4.76. The molecule has 1 aliphatic carbocycles. The molecule has 2 amide bonds. The molecule has 1 atom stereocenters. The average Bonchev–Trinajstić information content (AvgIpc) is 3.44. The van der Waals surface area contributed by atoms with E-state index in [1.807, 2.05) is 0 Å². The Bertz CT molecular complexity index is 1130. The highest BCUT2D eigenvalue weighted by Gasteiger charge is 2.31. The molecule has 10 nitrogen and oxygen atoms in total. The number of hydrogen-bond donors (Lipinski definition) is 3. The number of benzene rings is 1. The number of carbonyl (C=O) groups excluding carboxylic acids is 2. The van der Waals surface area contributed by atoms with Crippen LogP contribution in [0.2, 0.25) is 0 Å². The Balaban J connectivity index is 1.37. The summed E-state index contributed by atoms with van der Waals surface area (Å²) in [6.07, 6.45) is 7.31. The van der Waals surface area contributed by atoms with E-state index in [2.05, 4.69) is 25.4 Å². The average molecular weight is 445 g/mol. The molecule has 0 unspecified atom stereocenters. The second-order valence-electron chi connectivity index (χ2n) is 7.72. The zero-order valence-electron chi connectivity index (χ0n) is 17.0. The number of aliphatic imine (C=N–C) groups is 1. The molecule has 0 saturated heterocycles. The Kier molecular flexibility index (Phi) is 5.77. The van der Waals surface area contributed by atoms with Gasteiger partial charge in [0.1, 0.15) is 18.4 Å². The number of amides is 2. The van der Waals surface area contributed by atoms with Crippen molar-refractivity contribution in [1.82, 2.24) is 19.8 Å². The predicted molar refractivity (Wildman–Crippen MR) is 114 cm³/mol. The van der Waals surface area contributed by atoms with Crippen molar-refractivity contribution in [3.05, 3.63) is 42.2 Å². The molecular formula is C20H24N6O4S. The quantitative estimate of drug-likeness (QED) is 0.611. The van der Waals surface area contributed by atoms with Gasteiger partial charge in [-0.2, -0.15) is 5.10 Å². The van der Waals surface area contributed by atoms with Crippen molar-refractivity contribution >= 4 is 33.4 Å². The number of sulfonamides is 1. The van der Waals surface area contributed by atoms with Gasteiger partial charge < -0.3 is 10.6 Å². The zero-order valence-corrected chi connectivity index (χ0v) is 17.9. The van der Waals surface area contributed by atoms with E-state index in [-0.39, 0.29) is 29.2 Å². The van der Waals surface area contributed by atoms with Crippen LogP contribution in [-0.2, 0) is 26.2 Å². The smallest absolute Gasteiger partial charge is 0.263 e. The van der Waals surface area contributed by atoms with Crippen LogP contribution in [0.5, 0.6) is 0 Å². The van der Waals surface area contributed by atoms with Gasteiger partial charge in [0.15, 0.2) is 0 Å². The van der Waals surface area contributed by atoms with E-state index in [1.165, 1.54) is 16.9 Å². The van der Waals surface area contributed by atoms with Gasteiger partial charge in [-0.25, -0.2) is 8.42 Å². The van der Waals surface area contributed by atoms with Gasteiger partial charge in [-0.15, -0.1) is 0 Å². The standard InChI is InChI=1S/C20H24N6O4S/c1-13(22-19-16-8-4-5-9-17(16)31(29,30)25-19)20(28)24-15-10-21-26(11-15)12-18(27)23-14-6-2-3-7-14/h4-5,8-11,13-14H,2-3,6-7,12H2,1H3,(H,22,25)(H,23,27)(H,24,28)/t13-/m0/s1. The van der Waals surface area contributed by atoms with Gasteiger partial charge in [-0.05, 0) is 31.9 Å². The van der Waals surface area contributed by atoms with E-state index < -0.39 is 22.0 Å². The van der Waals surface area contributed by atoms with Gasteiger partial charge in [0.05, 0.1) is 16.8 Å². The Morgan fingerprint density at radius 1 is 1.29 bits per heavy atom. The van der Waals surface area contributed by atoms with Gasteiger partial charge in [0, 0.05) is 17.8 Å².